The van der Waals surface area contributed by atoms with E-state index >= 15 is 0 Å². The van der Waals surface area contributed by atoms with Crippen molar-refractivity contribution < 1.29 is 4.39 Å². The van der Waals surface area contributed by atoms with Gasteiger partial charge in [-0.2, -0.15) is 0 Å². The third-order valence-corrected chi connectivity index (χ3v) is 3.71. The van der Waals surface area contributed by atoms with E-state index < -0.39 is 0 Å². The second-order valence-corrected chi connectivity index (χ2v) is 5.60. The topological polar surface area (TPSA) is 12.0 Å². The Morgan fingerprint density at radius 1 is 1.00 bits per heavy atom. The van der Waals surface area contributed by atoms with Gasteiger partial charge < -0.3 is 5.32 Å². The highest BCUT2D eigenvalue weighted by molar-refractivity contribution is 9.10. The van der Waals surface area contributed by atoms with Gasteiger partial charge in [-0.1, -0.05) is 46.3 Å². The number of halogens is 2. The van der Waals surface area contributed by atoms with Gasteiger partial charge in [0, 0.05) is 22.1 Å². The van der Waals surface area contributed by atoms with E-state index in [9.17, 15) is 4.39 Å². The van der Waals surface area contributed by atoms with Gasteiger partial charge in [-0.05, 0) is 37.6 Å². The second kappa shape index (κ2) is 6.31. The first-order chi connectivity index (χ1) is 9.08. The molecule has 0 radical (unpaired) electrons. The summed E-state index contributed by atoms with van der Waals surface area (Å²) in [5.74, 6) is -0.163. The summed E-state index contributed by atoms with van der Waals surface area (Å²) in [5.41, 5.74) is 1.88. The average Bonchev–Trinajstić information content (AvgIpc) is 2.39. The highest BCUT2D eigenvalue weighted by Crippen LogP contribution is 2.23. The zero-order valence-electron chi connectivity index (χ0n) is 11.0. The van der Waals surface area contributed by atoms with Crippen molar-refractivity contribution in [3.8, 4) is 0 Å². The molecule has 2 unspecified atom stereocenters. The van der Waals surface area contributed by atoms with Crippen LogP contribution in [-0.4, -0.2) is 0 Å². The summed E-state index contributed by atoms with van der Waals surface area (Å²) < 4.78 is 14.8. The molecule has 3 heteroatoms. The number of benzene rings is 2. The average molecular weight is 322 g/mol. The number of nitrogens with one attached hydrogen (secondary N) is 1. The first kappa shape index (κ1) is 14.2. The highest BCUT2D eigenvalue weighted by atomic mass is 79.9. The molecule has 0 aliphatic carbocycles. The molecule has 0 saturated heterocycles. The maximum absolute atomic E-state index is 13.7. The van der Waals surface area contributed by atoms with Gasteiger partial charge in [-0.3, -0.25) is 0 Å². The van der Waals surface area contributed by atoms with Gasteiger partial charge in [0.1, 0.15) is 5.82 Å². The lowest BCUT2D eigenvalue weighted by atomic mass is 10.0. The van der Waals surface area contributed by atoms with Gasteiger partial charge in [0.05, 0.1) is 0 Å². The van der Waals surface area contributed by atoms with Crippen LogP contribution >= 0.6 is 15.9 Å². The third-order valence-electron chi connectivity index (χ3n) is 3.22. The molecule has 0 bridgehead atoms. The van der Waals surface area contributed by atoms with Crippen LogP contribution in [0.5, 0.6) is 0 Å². The van der Waals surface area contributed by atoms with E-state index in [0.29, 0.717) is 5.56 Å². The maximum atomic E-state index is 13.7. The first-order valence-electron chi connectivity index (χ1n) is 6.34. The van der Waals surface area contributed by atoms with Gasteiger partial charge in [-0.15, -0.1) is 0 Å². The Hall–Kier alpha value is -1.19. The lowest BCUT2D eigenvalue weighted by molar-refractivity contribution is 0.474. The minimum atomic E-state index is -0.163. The van der Waals surface area contributed by atoms with E-state index in [0.717, 1.165) is 4.47 Å². The Morgan fingerprint density at radius 2 is 1.74 bits per heavy atom. The number of hydrogen-bond acceptors (Lipinski definition) is 1. The smallest absolute Gasteiger partial charge is 0.127 e. The first-order valence-corrected chi connectivity index (χ1v) is 7.13. The predicted molar refractivity (Wildman–Crippen MR) is 80.5 cm³/mol. The Kier molecular flexibility index (Phi) is 4.72. The quantitative estimate of drug-likeness (QED) is 0.835. The molecule has 0 aliphatic heterocycles. The minimum absolute atomic E-state index is 0.0322. The largest absolute Gasteiger partial charge is 0.304 e. The summed E-state index contributed by atoms with van der Waals surface area (Å²) in [6, 6.07) is 15.2. The summed E-state index contributed by atoms with van der Waals surface area (Å²) in [5, 5.41) is 3.42. The van der Waals surface area contributed by atoms with Crippen LogP contribution in [0.15, 0.2) is 53.0 Å². The highest BCUT2D eigenvalue weighted by Gasteiger charge is 2.14. The SMILES string of the molecule is CC(NC(C)c1ccccc1F)c1cccc(Br)c1. The molecule has 2 atom stereocenters. The van der Waals surface area contributed by atoms with E-state index in [1.165, 1.54) is 11.6 Å². The summed E-state index contributed by atoms with van der Waals surface area (Å²) >= 11 is 3.47. The lowest BCUT2D eigenvalue weighted by Crippen LogP contribution is -2.23. The van der Waals surface area contributed by atoms with Crippen molar-refractivity contribution in [1.82, 2.24) is 5.32 Å². The fourth-order valence-electron chi connectivity index (χ4n) is 2.16. The van der Waals surface area contributed by atoms with Crippen LogP contribution in [0.3, 0.4) is 0 Å². The molecule has 100 valence electrons. The van der Waals surface area contributed by atoms with Crippen LogP contribution in [0.4, 0.5) is 4.39 Å². The van der Waals surface area contributed by atoms with Crippen molar-refractivity contribution in [1.29, 1.82) is 0 Å². The van der Waals surface area contributed by atoms with Crippen LogP contribution in [0, 0.1) is 5.82 Å². The Balaban J connectivity index is 2.11. The van der Waals surface area contributed by atoms with Crippen molar-refractivity contribution >= 4 is 15.9 Å². The van der Waals surface area contributed by atoms with Gasteiger partial charge in [0.25, 0.3) is 0 Å². The molecule has 2 aromatic rings. The van der Waals surface area contributed by atoms with Gasteiger partial charge >= 0.3 is 0 Å². The van der Waals surface area contributed by atoms with Crippen LogP contribution in [0.1, 0.15) is 37.1 Å². The molecule has 1 nitrogen and oxygen atoms in total. The summed E-state index contributed by atoms with van der Waals surface area (Å²) in [6.07, 6.45) is 0. The normalized spacial score (nSPS) is 14.1. The molecular weight excluding hydrogens is 305 g/mol. The van der Waals surface area contributed by atoms with E-state index in [1.807, 2.05) is 31.2 Å². The monoisotopic (exact) mass is 321 g/mol. The molecule has 0 heterocycles. The second-order valence-electron chi connectivity index (χ2n) is 4.69. The summed E-state index contributed by atoms with van der Waals surface area (Å²) in [4.78, 5) is 0. The number of rotatable bonds is 4. The minimum Gasteiger partial charge on any atom is -0.304 e. The molecule has 0 fully saturated rings. The van der Waals surface area contributed by atoms with Crippen molar-refractivity contribution in [2.45, 2.75) is 25.9 Å². The molecule has 2 aromatic carbocycles. The van der Waals surface area contributed by atoms with Crippen molar-refractivity contribution in [2.24, 2.45) is 0 Å². The van der Waals surface area contributed by atoms with Crippen LogP contribution in [0.2, 0.25) is 0 Å². The molecule has 2 rings (SSSR count). The molecule has 0 saturated carbocycles. The molecule has 0 spiro atoms. The fourth-order valence-corrected chi connectivity index (χ4v) is 2.58. The molecule has 0 amide bonds. The Labute approximate surface area is 122 Å². The summed E-state index contributed by atoms with van der Waals surface area (Å²) in [7, 11) is 0. The van der Waals surface area contributed by atoms with E-state index in [-0.39, 0.29) is 17.9 Å². The van der Waals surface area contributed by atoms with Crippen molar-refractivity contribution in [3.63, 3.8) is 0 Å². The van der Waals surface area contributed by atoms with Crippen molar-refractivity contribution in [3.05, 3.63) is 69.9 Å². The van der Waals surface area contributed by atoms with Gasteiger partial charge in [-0.25, -0.2) is 4.39 Å². The standard InChI is InChI=1S/C16H17BrFN/c1-11(13-6-5-7-14(17)10-13)19-12(2)15-8-3-4-9-16(15)18/h3-12,19H,1-2H3. The lowest BCUT2D eigenvalue weighted by Gasteiger charge is -2.21. The van der Waals surface area contributed by atoms with E-state index in [4.69, 9.17) is 0 Å². The predicted octanol–water partition coefficient (Wildman–Crippen LogP) is 5.00. The molecule has 0 aliphatic rings. The Bertz CT molecular complexity index is 556. The summed E-state index contributed by atoms with van der Waals surface area (Å²) in [6.45, 7) is 4.06. The van der Waals surface area contributed by atoms with Gasteiger partial charge in [0.2, 0.25) is 0 Å². The fraction of sp³-hybridized carbons (Fsp3) is 0.250. The molecule has 19 heavy (non-hydrogen) atoms. The van der Waals surface area contributed by atoms with Gasteiger partial charge in [0.15, 0.2) is 0 Å². The zero-order chi connectivity index (χ0) is 13.8. The van der Waals surface area contributed by atoms with Crippen LogP contribution < -0.4 is 5.32 Å². The van der Waals surface area contributed by atoms with E-state index in [1.54, 1.807) is 6.07 Å². The Morgan fingerprint density at radius 3 is 2.42 bits per heavy atom. The van der Waals surface area contributed by atoms with E-state index in [2.05, 4.69) is 40.3 Å². The van der Waals surface area contributed by atoms with Crippen molar-refractivity contribution in [2.75, 3.05) is 0 Å². The zero-order valence-corrected chi connectivity index (χ0v) is 12.6. The van der Waals surface area contributed by atoms with Crippen LogP contribution in [-0.2, 0) is 0 Å². The van der Waals surface area contributed by atoms with Crippen LogP contribution in [0.25, 0.3) is 0 Å². The molecular formula is C16H17BrFN. The third kappa shape index (κ3) is 3.64. The molecule has 1 N–H and O–H groups in total. The maximum Gasteiger partial charge on any atom is 0.127 e. The molecule has 0 aromatic heterocycles. The number of hydrogen-bond donors (Lipinski definition) is 1.